The Morgan fingerprint density at radius 3 is 2.48 bits per heavy atom. The van der Waals surface area contributed by atoms with Gasteiger partial charge in [0, 0.05) is 34.8 Å². The quantitative estimate of drug-likeness (QED) is 0.405. The monoisotopic (exact) mass is 404 g/mol. The van der Waals surface area contributed by atoms with Crippen molar-refractivity contribution >= 4 is 17.9 Å². The molecule has 29 heavy (non-hydrogen) atoms. The Morgan fingerprint density at radius 1 is 1.24 bits per heavy atom. The van der Waals surface area contributed by atoms with Crippen molar-refractivity contribution in [1.29, 1.82) is 0 Å². The maximum absolute atomic E-state index is 12.4. The molecule has 3 fully saturated rings. The van der Waals surface area contributed by atoms with Gasteiger partial charge in [0.25, 0.3) is 0 Å². The molecule has 0 aromatic heterocycles. The Balaban J connectivity index is 1.97. The van der Waals surface area contributed by atoms with Crippen LogP contribution in [-0.2, 0) is 28.6 Å². The van der Waals surface area contributed by atoms with E-state index < -0.39 is 17.5 Å². The molecule has 0 bridgehead atoms. The summed E-state index contributed by atoms with van der Waals surface area (Å²) in [4.78, 5) is 36.8. The van der Waals surface area contributed by atoms with E-state index >= 15 is 0 Å². The summed E-state index contributed by atoms with van der Waals surface area (Å²) in [6.07, 6.45) is 0.698. The minimum Gasteiger partial charge on any atom is -0.462 e. The highest BCUT2D eigenvalue weighted by Crippen LogP contribution is 2.58. The van der Waals surface area contributed by atoms with Gasteiger partial charge >= 0.3 is 17.9 Å². The predicted molar refractivity (Wildman–Crippen MR) is 107 cm³/mol. The van der Waals surface area contributed by atoms with Gasteiger partial charge < -0.3 is 14.2 Å². The molecule has 0 radical (unpaired) electrons. The van der Waals surface area contributed by atoms with Crippen molar-refractivity contribution in [2.24, 2.45) is 29.1 Å². The largest absolute Gasteiger partial charge is 0.462 e. The zero-order valence-electron chi connectivity index (χ0n) is 18.0. The van der Waals surface area contributed by atoms with Crippen molar-refractivity contribution in [2.75, 3.05) is 0 Å². The first kappa shape index (κ1) is 21.6. The fourth-order valence-electron chi connectivity index (χ4n) is 5.49. The summed E-state index contributed by atoms with van der Waals surface area (Å²) in [6.45, 7) is 17.0. The van der Waals surface area contributed by atoms with Gasteiger partial charge in [-0.2, -0.15) is 0 Å². The smallest absolute Gasteiger partial charge is 0.334 e. The minimum absolute atomic E-state index is 0.00905. The van der Waals surface area contributed by atoms with Gasteiger partial charge in [-0.05, 0) is 25.7 Å². The molecule has 0 N–H and O–H groups in total. The number of carbonyl (C=O) groups is 3. The number of esters is 3. The molecular formula is C23H32O6. The van der Waals surface area contributed by atoms with Crippen molar-refractivity contribution in [2.45, 2.75) is 72.2 Å². The van der Waals surface area contributed by atoms with Crippen LogP contribution in [0.4, 0.5) is 0 Å². The first-order valence-corrected chi connectivity index (χ1v) is 10.4. The van der Waals surface area contributed by atoms with Crippen LogP contribution in [0.5, 0.6) is 0 Å². The van der Waals surface area contributed by atoms with E-state index in [0.717, 1.165) is 0 Å². The lowest BCUT2D eigenvalue weighted by Gasteiger charge is -2.39. The van der Waals surface area contributed by atoms with Crippen LogP contribution in [0.15, 0.2) is 24.3 Å². The molecule has 0 spiro atoms. The number of hydrogen-bond donors (Lipinski definition) is 0. The summed E-state index contributed by atoms with van der Waals surface area (Å²) in [7, 11) is 0. The molecule has 0 unspecified atom stereocenters. The van der Waals surface area contributed by atoms with Crippen LogP contribution in [0.2, 0.25) is 0 Å². The van der Waals surface area contributed by atoms with Gasteiger partial charge in [0.15, 0.2) is 0 Å². The van der Waals surface area contributed by atoms with Gasteiger partial charge in [0.05, 0.1) is 5.92 Å². The number of hydrogen-bond acceptors (Lipinski definition) is 6. The predicted octanol–water partition coefficient (Wildman–Crippen LogP) is 3.60. The van der Waals surface area contributed by atoms with E-state index in [-0.39, 0.29) is 47.8 Å². The third-order valence-electron chi connectivity index (χ3n) is 6.97. The number of fused-ring (bicyclic) bond motifs is 2. The molecule has 6 heteroatoms. The molecule has 2 saturated carbocycles. The van der Waals surface area contributed by atoms with E-state index in [4.69, 9.17) is 14.2 Å². The second kappa shape index (κ2) is 7.62. The first-order chi connectivity index (χ1) is 13.5. The summed E-state index contributed by atoms with van der Waals surface area (Å²) in [5, 5.41) is 0. The van der Waals surface area contributed by atoms with E-state index in [1.54, 1.807) is 20.8 Å². The van der Waals surface area contributed by atoms with E-state index in [2.05, 4.69) is 27.0 Å². The van der Waals surface area contributed by atoms with Crippen molar-refractivity contribution < 1.29 is 28.6 Å². The zero-order valence-corrected chi connectivity index (χ0v) is 18.0. The van der Waals surface area contributed by atoms with Gasteiger partial charge in [-0.25, -0.2) is 9.59 Å². The van der Waals surface area contributed by atoms with Crippen molar-refractivity contribution in [3.05, 3.63) is 24.3 Å². The molecule has 1 saturated heterocycles. The summed E-state index contributed by atoms with van der Waals surface area (Å²) in [6, 6.07) is 0. The average Bonchev–Trinajstić information content (AvgIpc) is 2.98. The van der Waals surface area contributed by atoms with E-state index in [1.807, 2.05) is 0 Å². The van der Waals surface area contributed by atoms with Gasteiger partial charge in [0.2, 0.25) is 0 Å². The normalized spacial score (nSPS) is 38.7. The minimum atomic E-state index is -0.469. The van der Waals surface area contributed by atoms with Crippen LogP contribution < -0.4 is 0 Å². The maximum atomic E-state index is 12.4. The van der Waals surface area contributed by atoms with Gasteiger partial charge in [-0.15, -0.1) is 0 Å². The second-order valence-electron chi connectivity index (χ2n) is 9.56. The lowest BCUT2D eigenvalue weighted by atomic mass is 9.69. The fourth-order valence-corrected chi connectivity index (χ4v) is 5.49. The molecule has 6 nitrogen and oxygen atoms in total. The third-order valence-corrected chi connectivity index (χ3v) is 6.97. The topological polar surface area (TPSA) is 78.9 Å². The molecule has 0 aromatic rings. The third kappa shape index (κ3) is 3.74. The van der Waals surface area contributed by atoms with Crippen LogP contribution in [0, 0.1) is 29.1 Å². The molecule has 0 amide bonds. The summed E-state index contributed by atoms with van der Waals surface area (Å²) >= 11 is 0. The highest BCUT2D eigenvalue weighted by Gasteiger charge is 2.61. The Bertz CT molecular complexity index is 752. The highest BCUT2D eigenvalue weighted by atomic mass is 16.6. The Kier molecular flexibility index (Phi) is 5.67. The van der Waals surface area contributed by atoms with Gasteiger partial charge in [-0.3, -0.25) is 4.79 Å². The number of carbonyl (C=O) groups excluding carboxylic acids is 3. The van der Waals surface area contributed by atoms with Crippen molar-refractivity contribution in [3.63, 3.8) is 0 Å². The molecule has 0 aromatic carbocycles. The number of ether oxygens (including phenoxy) is 3. The molecule has 7 atom stereocenters. The summed E-state index contributed by atoms with van der Waals surface area (Å²) in [5.41, 5.74) is 0.343. The van der Waals surface area contributed by atoms with Crippen molar-refractivity contribution in [1.82, 2.24) is 0 Å². The SMILES string of the molecule is C=C(C)C(=O)O[C@@H]1C[C@H](OC(=O)C(C)C)[C@H]2[C@H](C)C[C@@H]3OC(=O)C(=C)[C@H]3C[C@@]21C. The van der Waals surface area contributed by atoms with Crippen LogP contribution in [0.1, 0.15) is 53.9 Å². The molecule has 160 valence electrons. The average molecular weight is 405 g/mol. The molecule has 2 aliphatic carbocycles. The van der Waals surface area contributed by atoms with Crippen LogP contribution in [0.25, 0.3) is 0 Å². The highest BCUT2D eigenvalue weighted by molar-refractivity contribution is 5.91. The van der Waals surface area contributed by atoms with E-state index in [0.29, 0.717) is 30.4 Å². The van der Waals surface area contributed by atoms with Crippen LogP contribution in [0.3, 0.4) is 0 Å². The lowest BCUT2D eigenvalue weighted by Crippen LogP contribution is -2.40. The van der Waals surface area contributed by atoms with Gasteiger partial charge in [0.1, 0.15) is 18.3 Å². The van der Waals surface area contributed by atoms with E-state index in [1.165, 1.54) is 0 Å². The lowest BCUT2D eigenvalue weighted by molar-refractivity contribution is -0.157. The summed E-state index contributed by atoms with van der Waals surface area (Å²) < 4.78 is 17.3. The number of rotatable bonds is 4. The van der Waals surface area contributed by atoms with Crippen LogP contribution in [-0.4, -0.2) is 36.2 Å². The van der Waals surface area contributed by atoms with E-state index in [9.17, 15) is 14.4 Å². The summed E-state index contributed by atoms with van der Waals surface area (Å²) in [5.74, 6) is -1.29. The molecule has 1 heterocycles. The zero-order chi connectivity index (χ0) is 21.7. The first-order valence-electron chi connectivity index (χ1n) is 10.4. The Morgan fingerprint density at radius 2 is 1.90 bits per heavy atom. The molecule has 3 rings (SSSR count). The Labute approximate surface area is 172 Å². The molecular weight excluding hydrogens is 372 g/mol. The standard InChI is InChI=1S/C23H32O6/c1-11(2)20(24)28-17-9-18(29-21(25)12(3)4)23(7)10-15-14(6)22(26)27-16(15)8-13(5)19(17)23/h11,13,15-19H,3,6,8-10H2,1-2,4-5,7H3/t13-,15-,16+,17+,18-,19-,23-/m1/s1. The fraction of sp³-hybridized carbons (Fsp3) is 0.696. The molecule has 1 aliphatic heterocycles. The Hall–Kier alpha value is -2.11. The van der Waals surface area contributed by atoms with Crippen molar-refractivity contribution in [3.8, 4) is 0 Å². The molecule has 3 aliphatic rings. The maximum Gasteiger partial charge on any atom is 0.334 e. The van der Waals surface area contributed by atoms with Crippen LogP contribution >= 0.6 is 0 Å². The van der Waals surface area contributed by atoms with Gasteiger partial charge in [-0.1, -0.05) is 40.9 Å². The second-order valence-corrected chi connectivity index (χ2v) is 9.56.